The van der Waals surface area contributed by atoms with Gasteiger partial charge >= 0.3 is 35.6 Å². The molecule has 0 fully saturated rings. The first-order valence-electron chi connectivity index (χ1n) is 12.0. The number of anilines is 1. The Morgan fingerprint density at radius 2 is 1.74 bits per heavy atom. The molecule has 2 amide bonds. The zero-order valence-electron chi connectivity index (χ0n) is 22.2. The maximum Gasteiger partial charge on any atom is 1.00 e. The summed E-state index contributed by atoms with van der Waals surface area (Å²) < 4.78 is 7.18. The fourth-order valence-corrected chi connectivity index (χ4v) is 4.50. The zero-order valence-corrected chi connectivity index (χ0v) is 25.0. The molecule has 0 saturated carbocycles. The van der Waals surface area contributed by atoms with Crippen molar-refractivity contribution in [3.63, 3.8) is 0 Å². The summed E-state index contributed by atoms with van der Waals surface area (Å²) in [6.07, 6.45) is -0.104. The van der Waals surface area contributed by atoms with Crippen LogP contribution in [0.5, 0.6) is 5.75 Å². The number of hydrogen-bond donors (Lipinski definition) is 1. The minimum atomic E-state index is -1.42. The van der Waals surface area contributed by atoms with Crippen molar-refractivity contribution < 1.29 is 49.0 Å². The molecule has 0 radical (unpaired) electrons. The number of amides is 2. The Kier molecular flexibility index (Phi) is 10.2. The third-order valence-corrected chi connectivity index (χ3v) is 6.22. The minimum absolute atomic E-state index is 0. The Morgan fingerprint density at radius 3 is 2.41 bits per heavy atom. The van der Waals surface area contributed by atoms with Gasteiger partial charge in [-0.05, 0) is 55.1 Å². The molecule has 8 nitrogen and oxygen atoms in total. The van der Waals surface area contributed by atoms with Crippen LogP contribution in [-0.2, 0) is 18.4 Å². The quantitative estimate of drug-likeness (QED) is 0.328. The number of urea groups is 1. The zero-order chi connectivity index (χ0) is 27.4. The third-order valence-electron chi connectivity index (χ3n) is 5.98. The van der Waals surface area contributed by atoms with E-state index in [1.54, 1.807) is 49.5 Å². The smallest absolute Gasteiger partial charge is 0.548 e. The van der Waals surface area contributed by atoms with Crippen molar-refractivity contribution in [3.05, 3.63) is 93.9 Å². The van der Waals surface area contributed by atoms with E-state index in [2.05, 4.69) is 5.32 Å². The van der Waals surface area contributed by atoms with Crippen LogP contribution in [0.15, 0.2) is 77.6 Å². The molecule has 4 aromatic rings. The summed E-state index contributed by atoms with van der Waals surface area (Å²) in [5, 5.41) is 15.9. The predicted octanol–water partition coefficient (Wildman–Crippen LogP) is 1.12. The number of pyridine rings is 1. The second-order valence-corrected chi connectivity index (χ2v) is 9.46. The Bertz CT molecular complexity index is 1560. The molecule has 1 N–H and O–H groups in total. The van der Waals surface area contributed by atoms with Gasteiger partial charge in [0.25, 0.3) is 5.56 Å². The third kappa shape index (κ3) is 7.02. The molecule has 0 saturated heterocycles. The molecule has 196 valence electrons. The first-order chi connectivity index (χ1) is 18.2. The average molecular weight is 556 g/mol. The first kappa shape index (κ1) is 30.2. The van der Waals surface area contributed by atoms with Gasteiger partial charge in [-0.2, -0.15) is 0 Å². The van der Waals surface area contributed by atoms with Crippen molar-refractivity contribution in [2.75, 3.05) is 11.4 Å². The summed E-state index contributed by atoms with van der Waals surface area (Å²) >= 11 is 6.30. The summed E-state index contributed by atoms with van der Waals surface area (Å²) in [6, 6.07) is 20.5. The van der Waals surface area contributed by atoms with Gasteiger partial charge in [0.2, 0.25) is 0 Å². The van der Waals surface area contributed by atoms with Gasteiger partial charge < -0.3 is 24.5 Å². The number of aromatic nitrogens is 1. The van der Waals surface area contributed by atoms with Gasteiger partial charge in [-0.25, -0.2) is 4.79 Å². The topological polar surface area (TPSA) is 104 Å². The molecule has 0 aliphatic carbocycles. The number of benzene rings is 3. The van der Waals surface area contributed by atoms with Crippen molar-refractivity contribution in [1.29, 1.82) is 0 Å². The van der Waals surface area contributed by atoms with Gasteiger partial charge in [0.05, 0.1) is 25.2 Å². The summed E-state index contributed by atoms with van der Waals surface area (Å²) in [4.78, 5) is 39.1. The van der Waals surface area contributed by atoms with E-state index in [1.165, 1.54) is 4.57 Å². The van der Waals surface area contributed by atoms with Crippen LogP contribution in [0.2, 0.25) is 5.02 Å². The average Bonchev–Trinajstić information content (AvgIpc) is 2.88. The van der Waals surface area contributed by atoms with E-state index in [9.17, 15) is 19.5 Å². The summed E-state index contributed by atoms with van der Waals surface area (Å²) in [5.74, 6) is -0.929. The largest absolute Gasteiger partial charge is 1.00 e. The van der Waals surface area contributed by atoms with Crippen molar-refractivity contribution in [1.82, 2.24) is 9.88 Å². The molecule has 0 spiro atoms. The van der Waals surface area contributed by atoms with Gasteiger partial charge in [0.1, 0.15) is 5.75 Å². The normalized spacial score (nSPS) is 10.7. The number of carbonyl (C=O) groups is 2. The Morgan fingerprint density at radius 1 is 1.03 bits per heavy atom. The standard InChI is InChI=1S/C29H28ClN3O5.Na/c1-18(2)38-22-11-7-10-21(15-22)33(17-26(34)35)29(37)31-16-25-27(19-8-5-4-6-9-19)24-14-20(30)12-13-23(24)28(36)32(25)3;/h4-15,18H,16-17H2,1-3H3,(H,31,37)(H,34,35);/q;+1/p-1. The maximum atomic E-state index is 13.3. The molecule has 4 rings (SSSR count). The van der Waals surface area contributed by atoms with Crippen molar-refractivity contribution in [2.24, 2.45) is 7.05 Å². The maximum absolute atomic E-state index is 13.3. The van der Waals surface area contributed by atoms with Crippen LogP contribution in [0.25, 0.3) is 21.9 Å². The van der Waals surface area contributed by atoms with Gasteiger partial charge in [-0.1, -0.05) is 48.0 Å². The van der Waals surface area contributed by atoms with E-state index < -0.39 is 18.5 Å². The second kappa shape index (κ2) is 13.2. The number of carboxylic acids is 1. The minimum Gasteiger partial charge on any atom is -0.548 e. The molecule has 1 heterocycles. The monoisotopic (exact) mass is 555 g/mol. The fraction of sp³-hybridized carbons (Fsp3) is 0.207. The molecule has 0 atom stereocenters. The van der Waals surface area contributed by atoms with E-state index in [1.807, 2.05) is 44.2 Å². The van der Waals surface area contributed by atoms with Crippen LogP contribution >= 0.6 is 11.6 Å². The summed E-state index contributed by atoms with van der Waals surface area (Å²) in [5.41, 5.74) is 2.20. The molecule has 39 heavy (non-hydrogen) atoms. The van der Waals surface area contributed by atoms with Crippen LogP contribution in [0, 0.1) is 0 Å². The molecule has 3 aromatic carbocycles. The van der Waals surface area contributed by atoms with Crippen molar-refractivity contribution in [3.8, 4) is 16.9 Å². The number of carbonyl (C=O) groups excluding carboxylic acids is 2. The predicted molar refractivity (Wildman–Crippen MR) is 146 cm³/mol. The number of aliphatic carboxylic acids is 1. The van der Waals surface area contributed by atoms with Crippen LogP contribution in [0.4, 0.5) is 10.5 Å². The van der Waals surface area contributed by atoms with Gasteiger partial charge in [-0.15, -0.1) is 0 Å². The number of fused-ring (bicyclic) bond motifs is 1. The Hall–Kier alpha value is -3.30. The van der Waals surface area contributed by atoms with Crippen LogP contribution in [-0.4, -0.2) is 29.2 Å². The fourth-order valence-electron chi connectivity index (χ4n) is 4.33. The Labute approximate surface area is 253 Å². The SMILES string of the molecule is CC(C)Oc1cccc(N(CC(=O)[O-])C(=O)NCc2c(-c3ccccc3)c3cc(Cl)ccc3c(=O)n2C)c1.[Na+]. The second-order valence-electron chi connectivity index (χ2n) is 9.02. The molecular weight excluding hydrogens is 529 g/mol. The van der Waals surface area contributed by atoms with Crippen LogP contribution in [0.1, 0.15) is 19.5 Å². The molecule has 1 aromatic heterocycles. The van der Waals surface area contributed by atoms with E-state index in [-0.39, 0.29) is 47.8 Å². The van der Waals surface area contributed by atoms with E-state index >= 15 is 0 Å². The van der Waals surface area contributed by atoms with Gasteiger partial charge in [0.15, 0.2) is 0 Å². The number of nitrogens with zero attached hydrogens (tertiary/aromatic N) is 2. The molecule has 0 bridgehead atoms. The molecule has 10 heteroatoms. The molecule has 0 unspecified atom stereocenters. The van der Waals surface area contributed by atoms with E-state index in [0.717, 1.165) is 16.0 Å². The number of hydrogen-bond acceptors (Lipinski definition) is 5. The molecule has 0 aliphatic rings. The van der Waals surface area contributed by atoms with Gasteiger partial charge in [-0.3, -0.25) is 9.69 Å². The molecule has 0 aliphatic heterocycles. The van der Waals surface area contributed by atoms with Crippen molar-refractivity contribution in [2.45, 2.75) is 26.5 Å². The van der Waals surface area contributed by atoms with Crippen LogP contribution < -0.4 is 55.2 Å². The number of ether oxygens (including phenoxy) is 1. The Balaban J connectivity index is 0.00000420. The number of nitrogens with one attached hydrogen (secondary N) is 1. The molecular formula is C29H27ClN3NaO5. The number of carboxylic acid groups (broad SMARTS) is 1. The number of rotatable bonds is 8. The van der Waals surface area contributed by atoms with E-state index in [0.29, 0.717) is 32.9 Å². The number of halogens is 1. The van der Waals surface area contributed by atoms with E-state index in [4.69, 9.17) is 16.3 Å². The van der Waals surface area contributed by atoms with Gasteiger partial charge in [0, 0.05) is 40.5 Å². The summed E-state index contributed by atoms with van der Waals surface area (Å²) in [7, 11) is 1.63. The van der Waals surface area contributed by atoms with Crippen LogP contribution in [0.3, 0.4) is 0 Å². The van der Waals surface area contributed by atoms with Crippen molar-refractivity contribution >= 4 is 40.1 Å². The summed E-state index contributed by atoms with van der Waals surface area (Å²) in [6.45, 7) is 3.01. The first-order valence-corrected chi connectivity index (χ1v) is 12.4.